The quantitative estimate of drug-likeness (QED) is 0.731. The van der Waals surface area contributed by atoms with Crippen LogP contribution in [0.5, 0.6) is 0 Å². The highest BCUT2D eigenvalue weighted by molar-refractivity contribution is 9.10. The first-order valence-electron chi connectivity index (χ1n) is 6.54. The number of carbonyl (C=O) groups excluding carboxylic acids is 2. The van der Waals surface area contributed by atoms with E-state index in [4.69, 9.17) is 11.6 Å². The molecular weight excluding hydrogens is 420 g/mol. The number of hydrazine groups is 1. The highest BCUT2D eigenvalue weighted by Gasteiger charge is 2.13. The highest BCUT2D eigenvalue weighted by Crippen LogP contribution is 2.20. The molecule has 0 bridgehead atoms. The largest absolute Gasteiger partial charge is 0.271 e. The van der Waals surface area contributed by atoms with E-state index in [2.05, 4.69) is 26.8 Å². The maximum Gasteiger partial charge on any atom is 0.271 e. The van der Waals surface area contributed by atoms with E-state index in [0.29, 0.717) is 4.47 Å². The third-order valence-electron chi connectivity index (χ3n) is 3.01. The molecule has 0 aliphatic rings. The first kappa shape index (κ1) is 18.4. The predicted octanol–water partition coefficient (Wildman–Crippen LogP) is 2.58. The summed E-state index contributed by atoms with van der Waals surface area (Å²) >= 11 is 9.16. The van der Waals surface area contributed by atoms with Gasteiger partial charge in [0.2, 0.25) is 0 Å². The van der Waals surface area contributed by atoms with Crippen molar-refractivity contribution in [1.82, 2.24) is 10.9 Å². The molecule has 0 saturated carbocycles. The number of nitrogens with one attached hydrogen (secondary N) is 2. The molecule has 0 saturated heterocycles. The standard InChI is InChI=1S/C15H12BrClN2O4S/c1-24(22,23)11-5-2-9(3-6-11)14(20)18-19-15(21)12-8-10(16)4-7-13(12)17/h2-8H,1H3,(H,18,20)(H,19,21). The summed E-state index contributed by atoms with van der Waals surface area (Å²) < 4.78 is 23.4. The van der Waals surface area contributed by atoms with Gasteiger partial charge >= 0.3 is 0 Å². The average molecular weight is 432 g/mol. The molecule has 6 nitrogen and oxygen atoms in total. The number of sulfone groups is 1. The first-order valence-corrected chi connectivity index (χ1v) is 9.60. The zero-order valence-corrected chi connectivity index (χ0v) is 15.5. The van der Waals surface area contributed by atoms with Crippen LogP contribution < -0.4 is 10.9 Å². The summed E-state index contributed by atoms with van der Waals surface area (Å²) in [5, 5.41) is 0.238. The van der Waals surface area contributed by atoms with Crippen molar-refractivity contribution in [3.05, 3.63) is 63.1 Å². The number of halogens is 2. The van der Waals surface area contributed by atoms with Crippen LogP contribution >= 0.6 is 27.5 Å². The van der Waals surface area contributed by atoms with E-state index in [1.807, 2.05) is 0 Å². The molecule has 0 spiro atoms. The minimum atomic E-state index is -3.34. The Kier molecular flexibility index (Phi) is 5.63. The van der Waals surface area contributed by atoms with E-state index >= 15 is 0 Å². The number of hydrogen-bond acceptors (Lipinski definition) is 4. The smallest absolute Gasteiger partial charge is 0.267 e. The van der Waals surface area contributed by atoms with Gasteiger partial charge in [-0.3, -0.25) is 20.4 Å². The van der Waals surface area contributed by atoms with Crippen LogP contribution in [0.25, 0.3) is 0 Å². The molecule has 0 atom stereocenters. The fraction of sp³-hybridized carbons (Fsp3) is 0.0667. The molecular formula is C15H12BrClN2O4S. The van der Waals surface area contributed by atoms with Crippen molar-refractivity contribution in [1.29, 1.82) is 0 Å². The molecule has 2 N–H and O–H groups in total. The van der Waals surface area contributed by atoms with Crippen LogP contribution in [0.1, 0.15) is 20.7 Å². The molecule has 24 heavy (non-hydrogen) atoms. The summed E-state index contributed by atoms with van der Waals surface area (Å²) in [7, 11) is -3.34. The molecule has 0 fully saturated rings. The van der Waals surface area contributed by atoms with Gasteiger partial charge in [0.25, 0.3) is 11.8 Å². The summed E-state index contributed by atoms with van der Waals surface area (Å²) in [6, 6.07) is 10.1. The molecule has 0 radical (unpaired) electrons. The zero-order valence-electron chi connectivity index (χ0n) is 12.3. The fourth-order valence-electron chi connectivity index (χ4n) is 1.78. The van der Waals surface area contributed by atoms with Gasteiger partial charge in [-0.25, -0.2) is 8.42 Å². The average Bonchev–Trinajstić information content (AvgIpc) is 2.53. The monoisotopic (exact) mass is 430 g/mol. The summed E-state index contributed by atoms with van der Waals surface area (Å²) in [6.07, 6.45) is 1.07. The van der Waals surface area contributed by atoms with Crippen LogP contribution in [0.15, 0.2) is 51.8 Å². The maximum atomic E-state index is 12.0. The molecule has 0 aliphatic heterocycles. The van der Waals surface area contributed by atoms with E-state index in [1.54, 1.807) is 12.1 Å². The van der Waals surface area contributed by atoms with Crippen LogP contribution in [0.3, 0.4) is 0 Å². The Morgan fingerprint density at radius 1 is 1.00 bits per heavy atom. The Labute approximate surface area is 152 Å². The van der Waals surface area contributed by atoms with Crippen molar-refractivity contribution in [2.24, 2.45) is 0 Å². The van der Waals surface area contributed by atoms with Gasteiger partial charge in [0.15, 0.2) is 9.84 Å². The fourth-order valence-corrected chi connectivity index (χ4v) is 2.97. The molecule has 0 heterocycles. The Balaban J connectivity index is 2.05. The van der Waals surface area contributed by atoms with E-state index in [9.17, 15) is 18.0 Å². The van der Waals surface area contributed by atoms with Crippen LogP contribution in [0.4, 0.5) is 0 Å². The van der Waals surface area contributed by atoms with E-state index in [0.717, 1.165) is 6.26 Å². The minimum Gasteiger partial charge on any atom is -0.267 e. The van der Waals surface area contributed by atoms with E-state index < -0.39 is 21.7 Å². The maximum absolute atomic E-state index is 12.0. The predicted molar refractivity (Wildman–Crippen MR) is 93.6 cm³/mol. The molecule has 2 aromatic rings. The van der Waals surface area contributed by atoms with Crippen LogP contribution in [0.2, 0.25) is 5.02 Å². The number of hydrogen-bond donors (Lipinski definition) is 2. The summed E-state index contributed by atoms with van der Waals surface area (Å²) in [5.74, 6) is -1.17. The van der Waals surface area contributed by atoms with E-state index in [1.165, 1.54) is 30.3 Å². The van der Waals surface area contributed by atoms with Crippen molar-refractivity contribution >= 4 is 49.2 Å². The van der Waals surface area contributed by atoms with Gasteiger partial charge in [-0.1, -0.05) is 27.5 Å². The van der Waals surface area contributed by atoms with Crippen molar-refractivity contribution in [2.45, 2.75) is 4.90 Å². The third kappa shape index (κ3) is 4.56. The summed E-state index contributed by atoms with van der Waals surface area (Å²) in [6.45, 7) is 0. The summed E-state index contributed by atoms with van der Waals surface area (Å²) in [5.41, 5.74) is 4.88. The normalized spacial score (nSPS) is 11.0. The van der Waals surface area contributed by atoms with Crippen molar-refractivity contribution in [3.63, 3.8) is 0 Å². The summed E-state index contributed by atoms with van der Waals surface area (Å²) in [4.78, 5) is 24.1. The van der Waals surface area contributed by atoms with Crippen LogP contribution in [-0.2, 0) is 9.84 Å². The van der Waals surface area contributed by atoms with Gasteiger partial charge in [-0.05, 0) is 42.5 Å². The zero-order chi connectivity index (χ0) is 17.9. The number of carbonyl (C=O) groups is 2. The van der Waals surface area contributed by atoms with Crippen molar-refractivity contribution < 1.29 is 18.0 Å². The Bertz CT molecular complexity index is 898. The first-order chi connectivity index (χ1) is 11.2. The van der Waals surface area contributed by atoms with Gasteiger partial charge in [0.1, 0.15) is 0 Å². The van der Waals surface area contributed by atoms with Crippen molar-refractivity contribution in [3.8, 4) is 0 Å². The molecule has 2 amide bonds. The number of rotatable bonds is 3. The van der Waals surface area contributed by atoms with Gasteiger partial charge in [0.05, 0.1) is 15.5 Å². The lowest BCUT2D eigenvalue weighted by Gasteiger charge is -2.09. The third-order valence-corrected chi connectivity index (χ3v) is 4.96. The minimum absolute atomic E-state index is 0.101. The topological polar surface area (TPSA) is 92.3 Å². The molecule has 2 rings (SSSR count). The van der Waals surface area contributed by atoms with Crippen LogP contribution in [0, 0.1) is 0 Å². The second-order valence-electron chi connectivity index (χ2n) is 4.83. The van der Waals surface area contributed by atoms with Gasteiger partial charge in [-0.2, -0.15) is 0 Å². The van der Waals surface area contributed by atoms with Gasteiger partial charge < -0.3 is 0 Å². The second kappa shape index (κ2) is 7.33. The van der Waals surface area contributed by atoms with Crippen LogP contribution in [-0.4, -0.2) is 26.5 Å². The highest BCUT2D eigenvalue weighted by atomic mass is 79.9. The van der Waals surface area contributed by atoms with Crippen molar-refractivity contribution in [2.75, 3.05) is 6.26 Å². The molecule has 0 aliphatic carbocycles. The lowest BCUT2D eigenvalue weighted by molar-refractivity contribution is 0.0846. The lowest BCUT2D eigenvalue weighted by atomic mass is 10.2. The van der Waals surface area contributed by atoms with E-state index in [-0.39, 0.29) is 21.0 Å². The molecule has 0 unspecified atom stereocenters. The molecule has 0 aromatic heterocycles. The Morgan fingerprint density at radius 2 is 1.58 bits per heavy atom. The molecule has 2 aromatic carbocycles. The Morgan fingerprint density at radius 3 is 2.17 bits per heavy atom. The number of amides is 2. The Hall–Kier alpha value is -1.90. The molecule has 126 valence electrons. The molecule has 9 heteroatoms. The SMILES string of the molecule is CS(=O)(=O)c1ccc(C(=O)NNC(=O)c2cc(Br)ccc2Cl)cc1. The van der Waals surface area contributed by atoms with Gasteiger partial charge in [-0.15, -0.1) is 0 Å². The number of benzene rings is 2. The lowest BCUT2D eigenvalue weighted by Crippen LogP contribution is -2.41. The van der Waals surface area contributed by atoms with Gasteiger partial charge in [0, 0.05) is 16.3 Å². The second-order valence-corrected chi connectivity index (χ2v) is 8.17.